The van der Waals surface area contributed by atoms with Crippen molar-refractivity contribution >= 4 is 15.7 Å². The first-order valence-electron chi connectivity index (χ1n) is 8.18. The molecule has 3 rings (SSSR count). The van der Waals surface area contributed by atoms with Crippen LogP contribution in [-0.4, -0.2) is 39.3 Å². The molecule has 1 fully saturated rings. The van der Waals surface area contributed by atoms with E-state index in [1.807, 2.05) is 0 Å². The molecule has 23 heavy (non-hydrogen) atoms. The molecule has 6 heteroatoms. The summed E-state index contributed by atoms with van der Waals surface area (Å²) in [5.74, 6) is -0.448. The highest BCUT2D eigenvalue weighted by atomic mass is 32.2. The highest BCUT2D eigenvalue weighted by molar-refractivity contribution is 7.91. The Kier molecular flexibility index (Phi) is 4.73. The van der Waals surface area contributed by atoms with Crippen molar-refractivity contribution in [2.24, 2.45) is 0 Å². The van der Waals surface area contributed by atoms with Crippen LogP contribution in [-0.2, 0) is 19.4 Å². The third-order valence-electron chi connectivity index (χ3n) is 4.95. The Morgan fingerprint density at radius 2 is 1.91 bits per heavy atom. The lowest BCUT2D eigenvalue weighted by Crippen LogP contribution is -2.48. The summed E-state index contributed by atoms with van der Waals surface area (Å²) in [6, 6.07) is 6.87. The largest absolute Gasteiger partial charge is 0.379 e. The standard InChI is InChI=1S/C17H23NO4S/c1-22-15-8-4-3-7-14(15)18-17(19)13-10-11-23(20,21)16-9-5-2-6-12(13)16/h2,5-6,9,13-15H,3-4,7-8,10-11H2,1H3,(H,18,19)/t13-,14+,15+/m0/s1. The molecule has 0 spiro atoms. The second kappa shape index (κ2) is 6.61. The van der Waals surface area contributed by atoms with Crippen LogP contribution in [0.25, 0.3) is 0 Å². The average molecular weight is 337 g/mol. The Hall–Kier alpha value is -1.40. The monoisotopic (exact) mass is 337 g/mol. The van der Waals surface area contributed by atoms with E-state index in [0.29, 0.717) is 16.9 Å². The molecular formula is C17H23NO4S. The van der Waals surface area contributed by atoms with Crippen LogP contribution in [0.4, 0.5) is 0 Å². The van der Waals surface area contributed by atoms with E-state index >= 15 is 0 Å². The number of carbonyl (C=O) groups is 1. The van der Waals surface area contributed by atoms with E-state index in [9.17, 15) is 13.2 Å². The van der Waals surface area contributed by atoms with Gasteiger partial charge in [-0.1, -0.05) is 31.0 Å². The molecule has 126 valence electrons. The normalized spacial score (nSPS) is 29.5. The van der Waals surface area contributed by atoms with Crippen molar-refractivity contribution in [3.8, 4) is 0 Å². The van der Waals surface area contributed by atoms with E-state index in [0.717, 1.165) is 25.7 Å². The van der Waals surface area contributed by atoms with Crippen molar-refractivity contribution in [3.63, 3.8) is 0 Å². The molecule has 1 N–H and O–H groups in total. The lowest BCUT2D eigenvalue weighted by Gasteiger charge is -2.33. The lowest BCUT2D eigenvalue weighted by atomic mass is 9.90. The Morgan fingerprint density at radius 3 is 2.70 bits per heavy atom. The molecule has 1 aliphatic heterocycles. The second-order valence-corrected chi connectivity index (χ2v) is 8.45. The summed E-state index contributed by atoms with van der Waals surface area (Å²) in [7, 11) is -1.58. The van der Waals surface area contributed by atoms with Gasteiger partial charge in [-0.25, -0.2) is 8.42 Å². The maximum absolute atomic E-state index is 12.7. The Morgan fingerprint density at radius 1 is 1.17 bits per heavy atom. The predicted molar refractivity (Wildman–Crippen MR) is 87.0 cm³/mol. The lowest BCUT2D eigenvalue weighted by molar-refractivity contribution is -0.124. The second-order valence-electron chi connectivity index (χ2n) is 6.37. The number of nitrogens with one attached hydrogen (secondary N) is 1. The molecule has 0 saturated heterocycles. The summed E-state index contributed by atoms with van der Waals surface area (Å²) in [5, 5.41) is 3.10. The van der Waals surface area contributed by atoms with Crippen LogP contribution in [0.5, 0.6) is 0 Å². The summed E-state index contributed by atoms with van der Waals surface area (Å²) in [6.45, 7) is 0. The van der Waals surface area contributed by atoms with Gasteiger partial charge in [-0.3, -0.25) is 4.79 Å². The fourth-order valence-electron chi connectivity index (χ4n) is 3.69. The maximum atomic E-state index is 12.7. The third kappa shape index (κ3) is 3.28. The summed E-state index contributed by atoms with van der Waals surface area (Å²) in [4.78, 5) is 13.0. The molecule has 3 atom stereocenters. The molecule has 0 aromatic heterocycles. The number of ether oxygens (including phenoxy) is 1. The summed E-state index contributed by atoms with van der Waals surface area (Å²) in [6.07, 6.45) is 4.47. The number of hydrogen-bond acceptors (Lipinski definition) is 4. The van der Waals surface area contributed by atoms with Gasteiger partial charge in [-0.15, -0.1) is 0 Å². The maximum Gasteiger partial charge on any atom is 0.227 e. The summed E-state index contributed by atoms with van der Waals surface area (Å²) in [5.41, 5.74) is 0.626. The van der Waals surface area contributed by atoms with Crippen molar-refractivity contribution in [1.82, 2.24) is 5.32 Å². The van der Waals surface area contributed by atoms with Gasteiger partial charge in [0.1, 0.15) is 0 Å². The number of fused-ring (bicyclic) bond motifs is 1. The SMILES string of the molecule is CO[C@@H]1CCCC[C@H]1NC(=O)[C@H]1CCS(=O)(=O)c2ccccc21. The van der Waals surface area contributed by atoms with Gasteiger partial charge in [0.05, 0.1) is 28.7 Å². The van der Waals surface area contributed by atoms with Gasteiger partial charge in [0.25, 0.3) is 0 Å². The van der Waals surface area contributed by atoms with E-state index < -0.39 is 15.8 Å². The Labute approximate surface area is 137 Å². The number of amides is 1. The van der Waals surface area contributed by atoms with Gasteiger partial charge in [0.15, 0.2) is 9.84 Å². The van der Waals surface area contributed by atoms with E-state index in [4.69, 9.17) is 4.74 Å². The van der Waals surface area contributed by atoms with Crippen LogP contribution in [0.2, 0.25) is 0 Å². The predicted octanol–water partition coefficient (Wildman–Crippen LogP) is 2.02. The van der Waals surface area contributed by atoms with Crippen LogP contribution >= 0.6 is 0 Å². The van der Waals surface area contributed by atoms with Gasteiger partial charge >= 0.3 is 0 Å². The van der Waals surface area contributed by atoms with Crippen molar-refractivity contribution in [2.45, 2.75) is 55.1 Å². The molecule has 5 nitrogen and oxygen atoms in total. The zero-order valence-electron chi connectivity index (χ0n) is 13.3. The third-order valence-corrected chi connectivity index (χ3v) is 6.77. The van der Waals surface area contributed by atoms with E-state index in [1.165, 1.54) is 0 Å². The van der Waals surface area contributed by atoms with Gasteiger partial charge in [-0.2, -0.15) is 0 Å². The Bertz CT molecular complexity index is 686. The number of hydrogen-bond donors (Lipinski definition) is 1. The molecule has 0 unspecified atom stereocenters. The highest BCUT2D eigenvalue weighted by Gasteiger charge is 2.36. The van der Waals surface area contributed by atoms with Crippen LogP contribution < -0.4 is 5.32 Å². The van der Waals surface area contributed by atoms with Crippen molar-refractivity contribution < 1.29 is 17.9 Å². The topological polar surface area (TPSA) is 72.5 Å². The zero-order chi connectivity index (χ0) is 16.4. The number of sulfone groups is 1. The first-order chi connectivity index (χ1) is 11.0. The fourth-order valence-corrected chi connectivity index (χ4v) is 5.31. The van der Waals surface area contributed by atoms with Gasteiger partial charge in [0, 0.05) is 7.11 Å². The minimum atomic E-state index is -3.26. The quantitative estimate of drug-likeness (QED) is 0.916. The molecule has 1 heterocycles. The van der Waals surface area contributed by atoms with E-state index in [2.05, 4.69) is 5.32 Å². The van der Waals surface area contributed by atoms with E-state index in [-0.39, 0.29) is 23.8 Å². The fraction of sp³-hybridized carbons (Fsp3) is 0.588. The Balaban J connectivity index is 1.80. The van der Waals surface area contributed by atoms with E-state index in [1.54, 1.807) is 31.4 Å². The molecule has 1 aromatic rings. The number of rotatable bonds is 3. The molecule has 0 bridgehead atoms. The number of benzene rings is 1. The molecule has 1 aliphatic carbocycles. The molecule has 0 radical (unpaired) electrons. The van der Waals surface area contributed by atoms with Crippen LogP contribution in [0.3, 0.4) is 0 Å². The van der Waals surface area contributed by atoms with Crippen molar-refractivity contribution in [3.05, 3.63) is 29.8 Å². The minimum Gasteiger partial charge on any atom is -0.379 e. The molecule has 2 aliphatic rings. The first-order valence-corrected chi connectivity index (χ1v) is 9.83. The zero-order valence-corrected chi connectivity index (χ0v) is 14.1. The summed E-state index contributed by atoms with van der Waals surface area (Å²) >= 11 is 0. The average Bonchev–Trinajstić information content (AvgIpc) is 2.55. The number of carbonyl (C=O) groups excluding carboxylic acids is 1. The first kappa shape index (κ1) is 16.5. The molecule has 1 saturated carbocycles. The van der Waals surface area contributed by atoms with Crippen LogP contribution in [0.1, 0.15) is 43.6 Å². The molecule has 1 aromatic carbocycles. The number of methoxy groups -OCH3 is 1. The minimum absolute atomic E-state index is 0.0203. The highest BCUT2D eigenvalue weighted by Crippen LogP contribution is 2.34. The van der Waals surface area contributed by atoms with Crippen LogP contribution in [0.15, 0.2) is 29.2 Å². The molecular weight excluding hydrogens is 314 g/mol. The van der Waals surface area contributed by atoms with Gasteiger partial charge in [-0.05, 0) is 30.9 Å². The van der Waals surface area contributed by atoms with Gasteiger partial charge in [0.2, 0.25) is 5.91 Å². The smallest absolute Gasteiger partial charge is 0.227 e. The van der Waals surface area contributed by atoms with Crippen molar-refractivity contribution in [2.75, 3.05) is 12.9 Å². The van der Waals surface area contributed by atoms with Crippen LogP contribution in [0, 0.1) is 0 Å². The van der Waals surface area contributed by atoms with Crippen molar-refractivity contribution in [1.29, 1.82) is 0 Å². The molecule has 1 amide bonds. The van der Waals surface area contributed by atoms with Gasteiger partial charge < -0.3 is 10.1 Å². The summed E-state index contributed by atoms with van der Waals surface area (Å²) < 4.78 is 29.8.